The molecular weight excluding hydrogens is 392 g/mol. The summed E-state index contributed by atoms with van der Waals surface area (Å²) in [4.78, 5) is 25.4. The average Bonchev–Trinajstić information content (AvgIpc) is 3.09. The number of Topliss-reactive ketones (excluding diaryl/α,β-unsaturated/α-hetero) is 1. The van der Waals surface area contributed by atoms with Crippen molar-refractivity contribution >= 4 is 17.8 Å². The average molecular weight is 414 g/mol. The third-order valence-corrected chi connectivity index (χ3v) is 5.15. The highest BCUT2D eigenvalue weighted by Crippen LogP contribution is 2.37. The van der Waals surface area contributed by atoms with Gasteiger partial charge in [-0.1, -0.05) is 37.3 Å². The smallest absolute Gasteiger partial charge is 0.343 e. The number of benzene rings is 3. The fraction of sp³-hybridized carbons (Fsp3) is 0.154. The third-order valence-electron chi connectivity index (χ3n) is 5.15. The molecule has 0 fully saturated rings. The van der Waals surface area contributed by atoms with E-state index in [1.807, 2.05) is 24.3 Å². The summed E-state index contributed by atoms with van der Waals surface area (Å²) in [7, 11) is 1.53. The Hall–Kier alpha value is -3.86. The summed E-state index contributed by atoms with van der Waals surface area (Å²) >= 11 is 0. The summed E-state index contributed by atoms with van der Waals surface area (Å²) in [6.45, 7) is 3.89. The Balaban J connectivity index is 1.58. The second-order valence-electron chi connectivity index (χ2n) is 7.27. The van der Waals surface area contributed by atoms with E-state index in [0.29, 0.717) is 33.9 Å². The molecule has 0 N–H and O–H groups in total. The van der Waals surface area contributed by atoms with E-state index in [1.165, 1.54) is 12.7 Å². The van der Waals surface area contributed by atoms with E-state index in [0.717, 1.165) is 12.0 Å². The molecule has 5 heteroatoms. The lowest BCUT2D eigenvalue weighted by Gasteiger charge is -2.08. The summed E-state index contributed by atoms with van der Waals surface area (Å²) in [6, 6.07) is 17.9. The second-order valence-corrected chi connectivity index (χ2v) is 7.27. The number of allylic oxidation sites excluding steroid dienone is 1. The van der Waals surface area contributed by atoms with E-state index >= 15 is 0 Å². The summed E-state index contributed by atoms with van der Waals surface area (Å²) in [5.74, 6) is 0.807. The first-order valence-corrected chi connectivity index (χ1v) is 10.0. The number of methoxy groups -OCH3 is 1. The number of fused-ring (bicyclic) bond motifs is 1. The van der Waals surface area contributed by atoms with Gasteiger partial charge >= 0.3 is 5.97 Å². The summed E-state index contributed by atoms with van der Waals surface area (Å²) in [6.07, 6.45) is 2.68. The largest absolute Gasteiger partial charge is 0.497 e. The first-order valence-electron chi connectivity index (χ1n) is 10.0. The first-order chi connectivity index (χ1) is 15.0. The molecular formula is C26H22O5. The maximum Gasteiger partial charge on any atom is 0.343 e. The Kier molecular flexibility index (Phi) is 5.58. The van der Waals surface area contributed by atoms with E-state index in [4.69, 9.17) is 14.2 Å². The number of hydrogen-bond acceptors (Lipinski definition) is 5. The van der Waals surface area contributed by atoms with Gasteiger partial charge in [0.1, 0.15) is 17.2 Å². The minimum atomic E-state index is -0.519. The van der Waals surface area contributed by atoms with Crippen molar-refractivity contribution in [3.05, 3.63) is 94.2 Å². The zero-order chi connectivity index (χ0) is 22.0. The minimum Gasteiger partial charge on any atom is -0.497 e. The minimum absolute atomic E-state index is 0.183. The number of ether oxygens (including phenoxy) is 3. The molecule has 3 aromatic carbocycles. The molecule has 0 saturated heterocycles. The van der Waals surface area contributed by atoms with Crippen molar-refractivity contribution in [2.75, 3.05) is 7.11 Å². The normalized spacial score (nSPS) is 13.6. The Morgan fingerprint density at radius 2 is 1.81 bits per heavy atom. The van der Waals surface area contributed by atoms with Crippen LogP contribution in [0.15, 0.2) is 66.4 Å². The van der Waals surface area contributed by atoms with Gasteiger partial charge in [0.2, 0.25) is 5.78 Å². The molecule has 3 aromatic rings. The van der Waals surface area contributed by atoms with Crippen LogP contribution >= 0.6 is 0 Å². The van der Waals surface area contributed by atoms with Gasteiger partial charge in [-0.25, -0.2) is 4.79 Å². The van der Waals surface area contributed by atoms with Gasteiger partial charge in [0.15, 0.2) is 5.76 Å². The standard InChI is InChI=1S/C26H22O5/c1-4-17-8-10-18(11-9-17)13-23-25(27)24-16(2)12-21(15-22(24)31-23)30-26(28)19-6-5-7-20(14-19)29-3/h5-15H,4H2,1-3H3/b23-13-. The van der Waals surface area contributed by atoms with Crippen LogP contribution in [-0.2, 0) is 6.42 Å². The van der Waals surface area contributed by atoms with Crippen molar-refractivity contribution in [3.63, 3.8) is 0 Å². The summed E-state index contributed by atoms with van der Waals surface area (Å²) in [5.41, 5.74) is 3.64. The molecule has 0 saturated carbocycles. The molecule has 0 bridgehead atoms. The number of carbonyl (C=O) groups is 2. The van der Waals surface area contributed by atoms with Gasteiger partial charge in [0, 0.05) is 6.07 Å². The van der Waals surface area contributed by atoms with Gasteiger partial charge < -0.3 is 14.2 Å². The van der Waals surface area contributed by atoms with Gasteiger partial charge in [0.05, 0.1) is 18.2 Å². The van der Waals surface area contributed by atoms with Crippen LogP contribution in [0.2, 0.25) is 0 Å². The number of rotatable bonds is 5. The van der Waals surface area contributed by atoms with E-state index < -0.39 is 5.97 Å². The van der Waals surface area contributed by atoms with E-state index in [2.05, 4.69) is 6.92 Å². The Bertz CT molecular complexity index is 1190. The van der Waals surface area contributed by atoms with Crippen LogP contribution in [-0.4, -0.2) is 18.9 Å². The number of carbonyl (C=O) groups excluding carboxylic acids is 2. The monoisotopic (exact) mass is 414 g/mol. The van der Waals surface area contributed by atoms with Crippen LogP contribution in [0.25, 0.3) is 6.08 Å². The molecule has 1 aliphatic heterocycles. The van der Waals surface area contributed by atoms with Crippen LogP contribution in [0.4, 0.5) is 0 Å². The Morgan fingerprint density at radius 1 is 1.03 bits per heavy atom. The zero-order valence-electron chi connectivity index (χ0n) is 17.6. The van der Waals surface area contributed by atoms with E-state index in [-0.39, 0.29) is 11.5 Å². The van der Waals surface area contributed by atoms with Crippen molar-refractivity contribution in [3.8, 4) is 17.2 Å². The molecule has 0 atom stereocenters. The predicted molar refractivity (Wildman–Crippen MR) is 118 cm³/mol. The van der Waals surface area contributed by atoms with Crippen molar-refractivity contribution < 1.29 is 23.8 Å². The summed E-state index contributed by atoms with van der Waals surface area (Å²) < 4.78 is 16.5. The molecule has 0 unspecified atom stereocenters. The lowest BCUT2D eigenvalue weighted by molar-refractivity contribution is 0.0734. The highest BCUT2D eigenvalue weighted by Gasteiger charge is 2.30. The highest BCUT2D eigenvalue weighted by atomic mass is 16.5. The SMILES string of the molecule is CCc1ccc(/C=C2\Oc3cc(OC(=O)c4cccc(OC)c4)cc(C)c3C2=O)cc1. The fourth-order valence-corrected chi connectivity index (χ4v) is 3.45. The predicted octanol–water partition coefficient (Wildman–Crippen LogP) is 5.40. The van der Waals surface area contributed by atoms with Crippen LogP contribution in [0.1, 0.15) is 44.3 Å². The maximum absolute atomic E-state index is 12.9. The molecule has 0 radical (unpaired) electrons. The van der Waals surface area contributed by atoms with Crippen LogP contribution in [0.5, 0.6) is 17.2 Å². The molecule has 0 spiro atoms. The molecule has 0 aromatic heterocycles. The van der Waals surface area contributed by atoms with Crippen molar-refractivity contribution in [1.29, 1.82) is 0 Å². The Labute approximate surface area is 180 Å². The third kappa shape index (κ3) is 4.21. The molecule has 31 heavy (non-hydrogen) atoms. The molecule has 1 aliphatic rings. The van der Waals surface area contributed by atoms with Crippen LogP contribution in [0, 0.1) is 6.92 Å². The lowest BCUT2D eigenvalue weighted by Crippen LogP contribution is -2.09. The lowest BCUT2D eigenvalue weighted by atomic mass is 10.0. The van der Waals surface area contributed by atoms with Gasteiger partial charge in [-0.15, -0.1) is 0 Å². The van der Waals surface area contributed by atoms with Gasteiger partial charge in [-0.3, -0.25) is 4.79 Å². The van der Waals surface area contributed by atoms with Crippen molar-refractivity contribution in [2.45, 2.75) is 20.3 Å². The molecule has 0 amide bonds. The fourth-order valence-electron chi connectivity index (χ4n) is 3.45. The zero-order valence-corrected chi connectivity index (χ0v) is 17.6. The molecule has 4 rings (SSSR count). The van der Waals surface area contributed by atoms with Crippen LogP contribution in [0.3, 0.4) is 0 Å². The molecule has 0 aliphatic carbocycles. The number of aryl methyl sites for hydroxylation is 2. The van der Waals surface area contributed by atoms with Crippen molar-refractivity contribution in [2.24, 2.45) is 0 Å². The molecule has 1 heterocycles. The highest BCUT2D eigenvalue weighted by molar-refractivity contribution is 6.15. The first kappa shape index (κ1) is 20.4. The molecule has 156 valence electrons. The van der Waals surface area contributed by atoms with E-state index in [9.17, 15) is 9.59 Å². The summed E-state index contributed by atoms with van der Waals surface area (Å²) in [5, 5.41) is 0. The Morgan fingerprint density at radius 3 is 2.52 bits per heavy atom. The molecule has 5 nitrogen and oxygen atoms in total. The van der Waals surface area contributed by atoms with Gasteiger partial charge in [-0.05, 0) is 60.4 Å². The van der Waals surface area contributed by atoms with E-state index in [1.54, 1.807) is 49.4 Å². The quantitative estimate of drug-likeness (QED) is 0.318. The number of ketones is 1. The van der Waals surface area contributed by atoms with Crippen LogP contribution < -0.4 is 14.2 Å². The number of esters is 1. The van der Waals surface area contributed by atoms with Crippen molar-refractivity contribution in [1.82, 2.24) is 0 Å². The second kappa shape index (κ2) is 8.48. The number of hydrogen-bond donors (Lipinski definition) is 0. The topological polar surface area (TPSA) is 61.8 Å². The van der Waals surface area contributed by atoms with Gasteiger partial charge in [0.25, 0.3) is 0 Å². The maximum atomic E-state index is 12.9. The van der Waals surface area contributed by atoms with Gasteiger partial charge in [-0.2, -0.15) is 0 Å².